The maximum Gasteiger partial charge on any atom is 0.305 e. The van der Waals surface area contributed by atoms with Gasteiger partial charge in [-0.15, -0.1) is 0 Å². The van der Waals surface area contributed by atoms with Crippen LogP contribution in [0.2, 0.25) is 0 Å². The predicted molar refractivity (Wildman–Crippen MR) is 63.7 cm³/mol. The smallest absolute Gasteiger partial charge is 0.305 e. The average Bonchev–Trinajstić information content (AvgIpc) is 3.13. The van der Waals surface area contributed by atoms with Gasteiger partial charge in [0.15, 0.2) is 0 Å². The van der Waals surface area contributed by atoms with Crippen LogP contribution in [0.5, 0.6) is 0 Å². The van der Waals surface area contributed by atoms with E-state index in [-0.39, 0.29) is 5.69 Å². The van der Waals surface area contributed by atoms with Gasteiger partial charge in [-0.2, -0.15) is 0 Å². The second-order valence-electron chi connectivity index (χ2n) is 4.45. The van der Waals surface area contributed by atoms with Crippen LogP contribution in [-0.4, -0.2) is 20.9 Å². The molecule has 0 spiro atoms. The van der Waals surface area contributed by atoms with Crippen molar-refractivity contribution in [3.63, 3.8) is 0 Å². The van der Waals surface area contributed by atoms with Gasteiger partial charge in [-0.25, -0.2) is 9.97 Å². The van der Waals surface area contributed by atoms with E-state index in [1.807, 2.05) is 0 Å². The molecule has 1 aliphatic carbocycles. The van der Waals surface area contributed by atoms with Crippen LogP contribution >= 0.6 is 0 Å². The number of anilines is 1. The molecule has 17 heavy (non-hydrogen) atoms. The number of nitrogens with zero attached hydrogens (tertiary/aromatic N) is 3. The Bertz CT molecular complexity index is 389. The zero-order valence-corrected chi connectivity index (χ0v) is 9.80. The summed E-state index contributed by atoms with van der Waals surface area (Å²) in [6, 6.07) is 0.365. The van der Waals surface area contributed by atoms with Crippen LogP contribution in [0.25, 0.3) is 0 Å². The molecule has 0 saturated heterocycles. The lowest BCUT2D eigenvalue weighted by Crippen LogP contribution is -2.20. The van der Waals surface area contributed by atoms with Crippen LogP contribution in [0, 0.1) is 16.0 Å². The topological polar surface area (TPSA) is 81.0 Å². The van der Waals surface area contributed by atoms with E-state index in [4.69, 9.17) is 0 Å². The predicted octanol–water partition coefficient (Wildman–Crippen LogP) is 2.38. The fourth-order valence-corrected chi connectivity index (χ4v) is 1.76. The molecule has 1 heterocycles. The van der Waals surface area contributed by atoms with Crippen molar-refractivity contribution in [3.8, 4) is 0 Å². The number of nitro groups is 1. The Morgan fingerprint density at radius 2 is 2.18 bits per heavy atom. The zero-order chi connectivity index (χ0) is 12.3. The van der Waals surface area contributed by atoms with E-state index < -0.39 is 4.92 Å². The highest BCUT2D eigenvalue weighted by Gasteiger charge is 2.25. The minimum Gasteiger partial charge on any atom is -0.351 e. The van der Waals surface area contributed by atoms with Crippen LogP contribution in [0.4, 0.5) is 11.6 Å². The van der Waals surface area contributed by atoms with Gasteiger partial charge < -0.3 is 5.32 Å². The number of hydrogen-bond donors (Lipinski definition) is 1. The number of nitrogens with one attached hydrogen (secondary N) is 1. The van der Waals surface area contributed by atoms with Crippen molar-refractivity contribution < 1.29 is 4.92 Å². The minimum absolute atomic E-state index is 0.0780. The lowest BCUT2D eigenvalue weighted by Gasteiger charge is -2.15. The summed E-state index contributed by atoms with van der Waals surface area (Å²) < 4.78 is 0. The molecule has 92 valence electrons. The van der Waals surface area contributed by atoms with Crippen molar-refractivity contribution in [1.29, 1.82) is 0 Å². The van der Waals surface area contributed by atoms with Crippen molar-refractivity contribution in [2.45, 2.75) is 38.6 Å². The third kappa shape index (κ3) is 3.37. The van der Waals surface area contributed by atoms with Crippen molar-refractivity contribution in [2.24, 2.45) is 5.92 Å². The van der Waals surface area contributed by atoms with Crippen molar-refractivity contribution in [2.75, 3.05) is 5.32 Å². The molecule has 6 heteroatoms. The van der Waals surface area contributed by atoms with Crippen molar-refractivity contribution in [1.82, 2.24) is 9.97 Å². The van der Waals surface area contributed by atoms with Crippen LogP contribution in [0.1, 0.15) is 32.6 Å². The highest BCUT2D eigenvalue weighted by Crippen LogP contribution is 2.34. The molecule has 1 aromatic heterocycles. The van der Waals surface area contributed by atoms with E-state index in [1.54, 1.807) is 0 Å². The summed E-state index contributed by atoms with van der Waals surface area (Å²) in [5.41, 5.74) is -0.0780. The van der Waals surface area contributed by atoms with Gasteiger partial charge in [-0.3, -0.25) is 10.1 Å². The third-order valence-electron chi connectivity index (χ3n) is 2.99. The Morgan fingerprint density at radius 1 is 1.53 bits per heavy atom. The van der Waals surface area contributed by atoms with Crippen molar-refractivity contribution in [3.05, 3.63) is 22.5 Å². The Balaban J connectivity index is 1.94. The van der Waals surface area contributed by atoms with Crippen LogP contribution in [0.15, 0.2) is 12.4 Å². The average molecular weight is 236 g/mol. The Labute approximate surface area is 99.6 Å². The van der Waals surface area contributed by atoms with Gasteiger partial charge in [0.1, 0.15) is 12.4 Å². The number of rotatable bonds is 6. The quantitative estimate of drug-likeness (QED) is 0.605. The SMILES string of the molecule is CCC(CC1CC1)Nc1ncc([N+](=O)[O-])cn1. The Morgan fingerprint density at radius 3 is 2.65 bits per heavy atom. The number of aromatic nitrogens is 2. The van der Waals surface area contributed by atoms with E-state index in [9.17, 15) is 10.1 Å². The Hall–Kier alpha value is -1.72. The molecular formula is C11H16N4O2. The van der Waals surface area contributed by atoms with E-state index in [1.165, 1.54) is 25.2 Å². The van der Waals surface area contributed by atoms with E-state index in [0.29, 0.717) is 12.0 Å². The normalized spacial score (nSPS) is 16.5. The second-order valence-corrected chi connectivity index (χ2v) is 4.45. The first-order chi connectivity index (χ1) is 8.19. The van der Waals surface area contributed by atoms with E-state index in [2.05, 4.69) is 22.2 Å². The molecular weight excluding hydrogens is 220 g/mol. The Kier molecular flexibility index (Phi) is 3.51. The summed E-state index contributed by atoms with van der Waals surface area (Å²) in [5, 5.41) is 13.7. The summed E-state index contributed by atoms with van der Waals surface area (Å²) in [7, 11) is 0. The fourth-order valence-electron chi connectivity index (χ4n) is 1.76. The monoisotopic (exact) mass is 236 g/mol. The first-order valence-electron chi connectivity index (χ1n) is 5.92. The molecule has 1 unspecified atom stereocenters. The maximum absolute atomic E-state index is 10.4. The summed E-state index contributed by atoms with van der Waals surface area (Å²) in [6.07, 6.45) is 7.25. The summed E-state index contributed by atoms with van der Waals surface area (Å²) >= 11 is 0. The molecule has 0 aliphatic heterocycles. The summed E-state index contributed by atoms with van der Waals surface area (Å²) in [4.78, 5) is 17.9. The van der Waals surface area contributed by atoms with Crippen LogP contribution in [-0.2, 0) is 0 Å². The highest BCUT2D eigenvalue weighted by atomic mass is 16.6. The molecule has 6 nitrogen and oxygen atoms in total. The molecule has 1 saturated carbocycles. The van der Waals surface area contributed by atoms with Crippen molar-refractivity contribution >= 4 is 11.6 Å². The number of hydrogen-bond acceptors (Lipinski definition) is 5. The molecule has 1 atom stereocenters. The summed E-state index contributed by atoms with van der Waals surface area (Å²) in [5.74, 6) is 1.31. The molecule has 0 aromatic carbocycles. The van der Waals surface area contributed by atoms with Crippen LogP contribution < -0.4 is 5.32 Å². The molecule has 2 rings (SSSR count). The molecule has 1 aromatic rings. The third-order valence-corrected chi connectivity index (χ3v) is 2.99. The maximum atomic E-state index is 10.4. The molecule has 0 radical (unpaired) electrons. The van der Waals surface area contributed by atoms with Crippen LogP contribution in [0.3, 0.4) is 0 Å². The minimum atomic E-state index is -0.495. The highest BCUT2D eigenvalue weighted by molar-refractivity contribution is 5.31. The first kappa shape index (κ1) is 11.8. The van der Waals surface area contributed by atoms with E-state index >= 15 is 0 Å². The van der Waals surface area contributed by atoms with Gasteiger partial charge in [0, 0.05) is 6.04 Å². The lowest BCUT2D eigenvalue weighted by atomic mass is 10.1. The van der Waals surface area contributed by atoms with Gasteiger partial charge in [0.25, 0.3) is 0 Å². The van der Waals surface area contributed by atoms with Gasteiger partial charge >= 0.3 is 5.69 Å². The standard InChI is InChI=1S/C11H16N4O2/c1-2-9(5-8-3-4-8)14-11-12-6-10(7-13-11)15(16)17/h6-9H,2-5H2,1H3,(H,12,13,14). The van der Waals surface area contributed by atoms with Gasteiger partial charge in [0.05, 0.1) is 4.92 Å². The molecule has 1 N–H and O–H groups in total. The molecule has 0 amide bonds. The van der Waals surface area contributed by atoms with Gasteiger partial charge in [-0.1, -0.05) is 19.8 Å². The molecule has 1 fully saturated rings. The lowest BCUT2D eigenvalue weighted by molar-refractivity contribution is -0.385. The zero-order valence-electron chi connectivity index (χ0n) is 9.80. The summed E-state index contributed by atoms with van der Waals surface area (Å²) in [6.45, 7) is 2.12. The van der Waals surface area contributed by atoms with Gasteiger partial charge in [0.2, 0.25) is 5.95 Å². The van der Waals surface area contributed by atoms with E-state index in [0.717, 1.165) is 18.8 Å². The van der Waals surface area contributed by atoms with Gasteiger partial charge in [-0.05, 0) is 18.8 Å². The molecule has 0 bridgehead atoms. The first-order valence-corrected chi connectivity index (χ1v) is 5.92. The molecule has 1 aliphatic rings. The second kappa shape index (κ2) is 5.07. The fraction of sp³-hybridized carbons (Fsp3) is 0.636. The largest absolute Gasteiger partial charge is 0.351 e.